The van der Waals surface area contributed by atoms with Crippen molar-refractivity contribution >= 4 is 27.3 Å². The summed E-state index contributed by atoms with van der Waals surface area (Å²) in [6, 6.07) is 4.03. The van der Waals surface area contributed by atoms with E-state index in [1.807, 2.05) is 12.1 Å². The van der Waals surface area contributed by atoms with Crippen LogP contribution in [-0.4, -0.2) is 11.7 Å². The van der Waals surface area contributed by atoms with Crippen LogP contribution in [-0.2, 0) is 0 Å². The molecule has 1 aliphatic carbocycles. The fourth-order valence-electron chi connectivity index (χ4n) is 3.42. The average Bonchev–Trinajstić information content (AvgIpc) is 2.83. The van der Waals surface area contributed by atoms with Gasteiger partial charge in [0.1, 0.15) is 0 Å². The van der Waals surface area contributed by atoms with Gasteiger partial charge in [-0.25, -0.2) is 0 Å². The minimum atomic E-state index is -0.426. The Bertz CT molecular complexity index is 444. The van der Waals surface area contributed by atoms with Gasteiger partial charge in [-0.15, -0.1) is 11.3 Å². The molecule has 1 fully saturated rings. The first-order valence-electron chi connectivity index (χ1n) is 7.42. The zero-order chi connectivity index (χ0) is 15.0. The SMILES string of the molecule is CC(C)(C)C1CCC(CN)(C(O)c2ccc(Br)s2)CC1. The number of halogens is 1. The van der Waals surface area contributed by atoms with Crippen molar-refractivity contribution < 1.29 is 5.11 Å². The lowest BCUT2D eigenvalue weighted by molar-refractivity contribution is -0.0214. The highest BCUT2D eigenvalue weighted by Crippen LogP contribution is 2.51. The second-order valence-corrected chi connectivity index (χ2v) is 9.75. The lowest BCUT2D eigenvalue weighted by Gasteiger charge is -2.45. The van der Waals surface area contributed by atoms with E-state index in [0.29, 0.717) is 12.0 Å². The van der Waals surface area contributed by atoms with Crippen LogP contribution >= 0.6 is 27.3 Å². The van der Waals surface area contributed by atoms with E-state index in [2.05, 4.69) is 36.7 Å². The van der Waals surface area contributed by atoms with E-state index < -0.39 is 6.10 Å². The molecule has 2 nitrogen and oxygen atoms in total. The van der Waals surface area contributed by atoms with E-state index in [0.717, 1.165) is 27.4 Å². The third-order valence-corrected chi connectivity index (χ3v) is 6.73. The first-order valence-corrected chi connectivity index (χ1v) is 9.03. The number of nitrogens with two attached hydrogens (primary N) is 1. The van der Waals surface area contributed by atoms with Crippen molar-refractivity contribution in [2.24, 2.45) is 22.5 Å². The van der Waals surface area contributed by atoms with E-state index in [-0.39, 0.29) is 5.41 Å². The molecule has 1 aromatic rings. The largest absolute Gasteiger partial charge is 0.387 e. The second kappa shape index (κ2) is 6.07. The third-order valence-electron chi connectivity index (χ3n) is 5.06. The first-order chi connectivity index (χ1) is 9.28. The van der Waals surface area contributed by atoms with Crippen LogP contribution < -0.4 is 5.73 Å². The zero-order valence-electron chi connectivity index (χ0n) is 12.7. The van der Waals surface area contributed by atoms with E-state index in [4.69, 9.17) is 5.73 Å². The van der Waals surface area contributed by atoms with Crippen LogP contribution in [0.15, 0.2) is 15.9 Å². The molecule has 0 spiro atoms. The summed E-state index contributed by atoms with van der Waals surface area (Å²) >= 11 is 5.10. The van der Waals surface area contributed by atoms with Gasteiger partial charge in [0, 0.05) is 16.8 Å². The summed E-state index contributed by atoms with van der Waals surface area (Å²) in [7, 11) is 0. The quantitative estimate of drug-likeness (QED) is 0.819. The molecule has 114 valence electrons. The highest BCUT2D eigenvalue weighted by molar-refractivity contribution is 9.11. The topological polar surface area (TPSA) is 46.2 Å². The highest BCUT2D eigenvalue weighted by atomic mass is 79.9. The number of aliphatic hydroxyl groups excluding tert-OH is 1. The number of hydrogen-bond donors (Lipinski definition) is 2. The van der Waals surface area contributed by atoms with Crippen LogP contribution in [0.25, 0.3) is 0 Å². The molecule has 4 heteroatoms. The molecule has 1 saturated carbocycles. The van der Waals surface area contributed by atoms with Gasteiger partial charge in [-0.1, -0.05) is 20.8 Å². The number of thiophene rings is 1. The van der Waals surface area contributed by atoms with E-state index in [9.17, 15) is 5.11 Å². The lowest BCUT2D eigenvalue weighted by Crippen LogP contribution is -2.41. The van der Waals surface area contributed by atoms with Gasteiger partial charge in [-0.05, 0) is 65.1 Å². The van der Waals surface area contributed by atoms with Crippen LogP contribution in [0.5, 0.6) is 0 Å². The molecule has 0 aromatic carbocycles. The van der Waals surface area contributed by atoms with E-state index >= 15 is 0 Å². The Kier molecular flexibility index (Phi) is 5.00. The zero-order valence-corrected chi connectivity index (χ0v) is 15.1. The van der Waals surface area contributed by atoms with E-state index in [1.54, 1.807) is 11.3 Å². The predicted molar refractivity (Wildman–Crippen MR) is 89.9 cm³/mol. The summed E-state index contributed by atoms with van der Waals surface area (Å²) in [6.07, 6.45) is 3.98. The van der Waals surface area contributed by atoms with Crippen molar-refractivity contribution in [3.63, 3.8) is 0 Å². The molecule has 3 N–H and O–H groups in total. The second-order valence-electron chi connectivity index (χ2n) is 7.25. The van der Waals surface area contributed by atoms with E-state index in [1.165, 1.54) is 12.8 Å². The van der Waals surface area contributed by atoms with Crippen molar-refractivity contribution in [3.05, 3.63) is 20.8 Å². The normalized spacial score (nSPS) is 29.4. The Labute approximate surface area is 134 Å². The molecule has 1 unspecified atom stereocenters. The molecule has 0 saturated heterocycles. The van der Waals surface area contributed by atoms with Crippen molar-refractivity contribution in [1.29, 1.82) is 0 Å². The average molecular weight is 360 g/mol. The van der Waals surface area contributed by atoms with Crippen LogP contribution in [0.4, 0.5) is 0 Å². The van der Waals surface area contributed by atoms with Gasteiger partial charge in [0.15, 0.2) is 0 Å². The summed E-state index contributed by atoms with van der Waals surface area (Å²) in [6.45, 7) is 7.53. The highest BCUT2D eigenvalue weighted by Gasteiger charge is 2.43. The Morgan fingerprint density at radius 2 is 2.00 bits per heavy atom. The van der Waals surface area contributed by atoms with Gasteiger partial charge < -0.3 is 10.8 Å². The van der Waals surface area contributed by atoms with Gasteiger partial charge in [0.2, 0.25) is 0 Å². The standard InChI is InChI=1S/C16H26BrNOS/c1-15(2,3)11-6-8-16(10-18,9-7-11)14(19)12-4-5-13(17)20-12/h4-5,11,14,19H,6-10,18H2,1-3H3. The maximum atomic E-state index is 10.8. The molecule has 20 heavy (non-hydrogen) atoms. The molecule has 1 aromatic heterocycles. The van der Waals surface area contributed by atoms with Gasteiger partial charge in [0.05, 0.1) is 9.89 Å². The molecule has 1 aliphatic rings. The molecule has 1 atom stereocenters. The van der Waals surface area contributed by atoms with Crippen LogP contribution in [0, 0.1) is 16.7 Å². The fourth-order valence-corrected chi connectivity index (χ4v) is 4.98. The number of rotatable bonds is 3. The minimum absolute atomic E-state index is 0.133. The lowest BCUT2D eigenvalue weighted by atomic mass is 9.62. The maximum Gasteiger partial charge on any atom is 0.0950 e. The smallest absolute Gasteiger partial charge is 0.0950 e. The Hall–Kier alpha value is 0.1000. The summed E-state index contributed by atoms with van der Waals surface area (Å²) in [4.78, 5) is 1.04. The van der Waals surface area contributed by atoms with Gasteiger partial charge in [-0.2, -0.15) is 0 Å². The fraction of sp³-hybridized carbons (Fsp3) is 0.750. The molecule has 0 bridgehead atoms. The monoisotopic (exact) mass is 359 g/mol. The Morgan fingerprint density at radius 1 is 1.40 bits per heavy atom. The summed E-state index contributed by atoms with van der Waals surface area (Å²) < 4.78 is 1.07. The summed E-state index contributed by atoms with van der Waals surface area (Å²) in [5, 5.41) is 10.8. The number of hydrogen-bond acceptors (Lipinski definition) is 3. The Morgan fingerprint density at radius 3 is 2.40 bits per heavy atom. The number of aliphatic hydroxyl groups is 1. The van der Waals surface area contributed by atoms with Crippen molar-refractivity contribution in [1.82, 2.24) is 0 Å². The Balaban J connectivity index is 2.12. The predicted octanol–water partition coefficient (Wildman–Crippen LogP) is 4.73. The van der Waals surface area contributed by atoms with Crippen LogP contribution in [0.3, 0.4) is 0 Å². The molecular formula is C16H26BrNOS. The molecular weight excluding hydrogens is 334 g/mol. The third kappa shape index (κ3) is 3.29. The first kappa shape index (κ1) is 16.5. The van der Waals surface area contributed by atoms with Gasteiger partial charge in [-0.3, -0.25) is 0 Å². The van der Waals surface area contributed by atoms with Crippen LogP contribution in [0.1, 0.15) is 57.4 Å². The van der Waals surface area contributed by atoms with Gasteiger partial charge in [0.25, 0.3) is 0 Å². The molecule has 1 heterocycles. The summed E-state index contributed by atoms with van der Waals surface area (Å²) in [5.74, 6) is 0.740. The summed E-state index contributed by atoms with van der Waals surface area (Å²) in [5.41, 5.74) is 6.30. The minimum Gasteiger partial charge on any atom is -0.387 e. The molecule has 2 rings (SSSR count). The molecule has 0 amide bonds. The van der Waals surface area contributed by atoms with Crippen molar-refractivity contribution in [2.45, 2.75) is 52.6 Å². The molecule has 0 radical (unpaired) electrons. The van der Waals surface area contributed by atoms with Crippen LogP contribution in [0.2, 0.25) is 0 Å². The maximum absolute atomic E-state index is 10.8. The van der Waals surface area contributed by atoms with Crippen molar-refractivity contribution in [3.8, 4) is 0 Å². The molecule has 0 aliphatic heterocycles. The van der Waals surface area contributed by atoms with Gasteiger partial charge >= 0.3 is 0 Å². The van der Waals surface area contributed by atoms with Crippen molar-refractivity contribution in [2.75, 3.05) is 6.54 Å².